The minimum Gasteiger partial charge on any atom is -0.491 e. The number of likely N-dealkylation sites (tertiary alicyclic amines) is 1. The molecule has 12 nitrogen and oxygen atoms in total. The van der Waals surface area contributed by atoms with Crippen LogP contribution < -0.4 is 14.4 Å². The van der Waals surface area contributed by atoms with Crippen molar-refractivity contribution < 1.29 is 23.7 Å². The molecule has 5 heterocycles. The molecule has 3 fully saturated rings. The van der Waals surface area contributed by atoms with Gasteiger partial charge in [0, 0.05) is 73.1 Å². The summed E-state index contributed by atoms with van der Waals surface area (Å²) in [5, 5.41) is 9.74. The Hall–Kier alpha value is -3.87. The number of hydrogen-bond donors (Lipinski definition) is 1. The van der Waals surface area contributed by atoms with Gasteiger partial charge in [0.15, 0.2) is 5.75 Å². The average molecular weight is 706 g/mol. The molecule has 7 rings (SSSR count). The summed E-state index contributed by atoms with van der Waals surface area (Å²) in [6.45, 7) is 18.0. The molecule has 0 radical (unpaired) electrons. The second kappa shape index (κ2) is 14.0. The Kier molecular flexibility index (Phi) is 9.71. The van der Waals surface area contributed by atoms with Crippen molar-refractivity contribution in [1.29, 1.82) is 0 Å². The van der Waals surface area contributed by atoms with Crippen LogP contribution in [0.2, 0.25) is 5.02 Å². The van der Waals surface area contributed by atoms with Crippen LogP contribution in [0.25, 0.3) is 32.9 Å². The molecule has 0 saturated carbocycles. The van der Waals surface area contributed by atoms with E-state index in [2.05, 4.69) is 33.0 Å². The van der Waals surface area contributed by atoms with Crippen LogP contribution >= 0.6 is 11.6 Å². The number of amides is 1. The third kappa shape index (κ3) is 7.02. The molecule has 0 atom stereocenters. The first-order chi connectivity index (χ1) is 24.0. The van der Waals surface area contributed by atoms with Gasteiger partial charge < -0.3 is 28.7 Å². The fourth-order valence-corrected chi connectivity index (χ4v) is 7.74. The van der Waals surface area contributed by atoms with Gasteiger partial charge in [0.1, 0.15) is 16.9 Å². The molecule has 3 saturated heterocycles. The molecule has 1 amide bonds. The van der Waals surface area contributed by atoms with Gasteiger partial charge in [0.25, 0.3) is 0 Å². The fraction of sp³-hybridized carbons (Fsp3) is 0.568. The third-order valence-corrected chi connectivity index (χ3v) is 10.3. The van der Waals surface area contributed by atoms with Crippen LogP contribution in [0.4, 0.5) is 10.6 Å². The lowest BCUT2D eigenvalue weighted by molar-refractivity contribution is -0.0434. The second-order valence-electron chi connectivity index (χ2n) is 14.8. The van der Waals surface area contributed by atoms with Crippen LogP contribution in [0.5, 0.6) is 11.8 Å². The van der Waals surface area contributed by atoms with Crippen molar-refractivity contribution in [2.24, 2.45) is 5.41 Å². The van der Waals surface area contributed by atoms with E-state index >= 15 is 0 Å². The number of halogens is 1. The Morgan fingerprint density at radius 3 is 2.52 bits per heavy atom. The van der Waals surface area contributed by atoms with E-state index in [-0.39, 0.29) is 11.5 Å². The number of morpholine rings is 1. The molecule has 0 unspecified atom stereocenters. The summed E-state index contributed by atoms with van der Waals surface area (Å²) in [5.74, 6) is 1.39. The Morgan fingerprint density at radius 1 is 1.04 bits per heavy atom. The molecule has 0 bridgehead atoms. The molecule has 50 heavy (non-hydrogen) atoms. The number of carbonyl (C=O) groups is 1. The van der Waals surface area contributed by atoms with E-state index in [4.69, 9.17) is 40.5 Å². The number of hydrogen-bond acceptors (Lipinski definition) is 10. The van der Waals surface area contributed by atoms with Gasteiger partial charge in [0.2, 0.25) is 0 Å². The lowest BCUT2D eigenvalue weighted by Crippen LogP contribution is -2.62. The maximum atomic E-state index is 12.7. The first kappa shape index (κ1) is 34.6. The average Bonchev–Trinajstić information content (AvgIpc) is 3.55. The molecule has 0 aliphatic carbocycles. The highest BCUT2D eigenvalue weighted by molar-refractivity contribution is 6.35. The number of H-pyrrole nitrogens is 1. The zero-order chi connectivity index (χ0) is 35.0. The highest BCUT2D eigenvalue weighted by Crippen LogP contribution is 2.48. The van der Waals surface area contributed by atoms with Crippen LogP contribution in [0, 0.1) is 12.3 Å². The van der Waals surface area contributed by atoms with Crippen LogP contribution in [0.3, 0.4) is 0 Å². The second-order valence-corrected chi connectivity index (χ2v) is 15.2. The van der Waals surface area contributed by atoms with Gasteiger partial charge in [-0.05, 0) is 71.6 Å². The number of benzene rings is 2. The normalized spacial score (nSPS) is 18.1. The Labute approximate surface area is 298 Å². The van der Waals surface area contributed by atoms with Crippen LogP contribution in [0.1, 0.15) is 52.5 Å². The number of aryl methyl sites for hydroxylation is 1. The summed E-state index contributed by atoms with van der Waals surface area (Å²) < 4.78 is 23.9. The number of ether oxygens (including phenoxy) is 4. The van der Waals surface area contributed by atoms with E-state index in [9.17, 15) is 4.79 Å². The number of nitrogens with one attached hydrogen (secondary N) is 1. The van der Waals surface area contributed by atoms with Crippen LogP contribution in [-0.4, -0.2) is 114 Å². The molecule has 4 aromatic rings. The van der Waals surface area contributed by atoms with Crippen molar-refractivity contribution in [3.8, 4) is 22.9 Å². The smallest absolute Gasteiger partial charge is 0.410 e. The Balaban J connectivity index is 1.21. The number of piperidine rings is 1. The predicted molar refractivity (Wildman–Crippen MR) is 195 cm³/mol. The number of rotatable bonds is 9. The van der Waals surface area contributed by atoms with E-state index in [1.54, 1.807) is 0 Å². The van der Waals surface area contributed by atoms with Crippen molar-refractivity contribution in [2.75, 3.05) is 77.1 Å². The minimum absolute atomic E-state index is 0.0805. The molecule has 1 N–H and O–H groups in total. The van der Waals surface area contributed by atoms with Gasteiger partial charge in [-0.3, -0.25) is 10.00 Å². The third-order valence-electron chi connectivity index (χ3n) is 10.0. The first-order valence-electron chi connectivity index (χ1n) is 17.8. The molecule has 13 heteroatoms. The topological polar surface area (TPSA) is 118 Å². The zero-order valence-electron chi connectivity index (χ0n) is 29.8. The number of anilines is 1. The summed E-state index contributed by atoms with van der Waals surface area (Å²) >= 11 is 7.23. The predicted octanol–water partition coefficient (Wildman–Crippen LogP) is 6.47. The summed E-state index contributed by atoms with van der Waals surface area (Å²) in [4.78, 5) is 29.3. The van der Waals surface area contributed by atoms with E-state index < -0.39 is 5.60 Å². The van der Waals surface area contributed by atoms with E-state index in [0.717, 1.165) is 104 Å². The largest absolute Gasteiger partial charge is 0.491 e. The monoisotopic (exact) mass is 705 g/mol. The molecule has 2 aromatic heterocycles. The molecule has 1 spiro atoms. The summed E-state index contributed by atoms with van der Waals surface area (Å²) in [6, 6.07) is 6.39. The standard InChI is InChI=1S/C37H48ClN7O5/c1-6-48-32-30(29-24(2)8-9-28-26(29)21-39-42-28)27(38)20-25-31(32)40-34(49-17-7-12-43-15-18-47-19-16-43)41-33(25)44-13-10-37(11-14-44)22-45(23-37)35(46)50-36(3,4)5/h8-9,20-21H,6-7,10-19,22-23H2,1-5H3,(H,39,42). The van der Waals surface area contributed by atoms with Crippen molar-refractivity contribution in [3.63, 3.8) is 0 Å². The first-order valence-corrected chi connectivity index (χ1v) is 18.2. The quantitative estimate of drug-likeness (QED) is 0.194. The highest BCUT2D eigenvalue weighted by atomic mass is 35.5. The number of carbonyl (C=O) groups excluding carboxylic acids is 1. The summed E-state index contributed by atoms with van der Waals surface area (Å²) in [5.41, 5.74) is 3.95. The van der Waals surface area contributed by atoms with Gasteiger partial charge in [-0.15, -0.1) is 0 Å². The van der Waals surface area contributed by atoms with E-state index in [1.165, 1.54) is 0 Å². The van der Waals surface area contributed by atoms with Gasteiger partial charge >= 0.3 is 12.1 Å². The highest BCUT2D eigenvalue weighted by Gasteiger charge is 2.48. The minimum atomic E-state index is -0.509. The number of aromatic nitrogens is 4. The van der Waals surface area contributed by atoms with Gasteiger partial charge in [-0.25, -0.2) is 4.79 Å². The molecular weight excluding hydrogens is 658 g/mol. The van der Waals surface area contributed by atoms with Crippen LogP contribution in [-0.2, 0) is 9.47 Å². The van der Waals surface area contributed by atoms with E-state index in [1.807, 2.05) is 50.9 Å². The fourth-order valence-electron chi connectivity index (χ4n) is 7.46. The van der Waals surface area contributed by atoms with Crippen molar-refractivity contribution in [1.82, 2.24) is 30.0 Å². The summed E-state index contributed by atoms with van der Waals surface area (Å²) in [6.07, 6.45) is 4.30. The van der Waals surface area contributed by atoms with Crippen molar-refractivity contribution in [2.45, 2.75) is 59.5 Å². The van der Waals surface area contributed by atoms with Crippen molar-refractivity contribution in [3.05, 3.63) is 35.0 Å². The molecular formula is C37H48ClN7O5. The maximum Gasteiger partial charge on any atom is 0.410 e. The van der Waals surface area contributed by atoms with Gasteiger partial charge in [0.05, 0.1) is 43.2 Å². The molecule has 268 valence electrons. The zero-order valence-corrected chi connectivity index (χ0v) is 30.6. The number of aromatic amines is 1. The lowest BCUT2D eigenvalue weighted by Gasteiger charge is -2.53. The van der Waals surface area contributed by atoms with E-state index in [0.29, 0.717) is 48.6 Å². The number of nitrogens with zero attached hydrogens (tertiary/aromatic N) is 6. The Morgan fingerprint density at radius 2 is 1.80 bits per heavy atom. The van der Waals surface area contributed by atoms with Crippen molar-refractivity contribution >= 4 is 45.3 Å². The molecule has 3 aliphatic rings. The SMILES string of the molecule is CCOc1c(-c2c(C)ccc3[nH]ncc23)c(Cl)cc2c(N3CCC4(CC3)CN(C(=O)OC(C)(C)C)C4)nc(OCCCN3CCOCC3)nc12. The lowest BCUT2D eigenvalue weighted by atomic mass is 9.72. The van der Waals surface area contributed by atoms with Gasteiger partial charge in [-0.1, -0.05) is 17.7 Å². The maximum absolute atomic E-state index is 12.7. The molecule has 3 aliphatic heterocycles. The van der Waals surface area contributed by atoms with Crippen LogP contribution in [0.15, 0.2) is 24.4 Å². The molecule has 2 aromatic carbocycles. The summed E-state index contributed by atoms with van der Waals surface area (Å²) in [7, 11) is 0. The number of fused-ring (bicyclic) bond motifs is 2. The van der Waals surface area contributed by atoms with Gasteiger partial charge in [-0.2, -0.15) is 15.1 Å². The Bertz CT molecular complexity index is 1850.